The Labute approximate surface area is 319 Å². The fraction of sp³-hybridized carbons (Fsp3) is 0. The quantitative estimate of drug-likeness (QED) is 0.161. The summed E-state index contributed by atoms with van der Waals surface area (Å²) in [6, 6.07) is 68.4. The molecule has 8 aromatic carbocycles. The number of hydrogen-bond acceptors (Lipinski definition) is 2. The first-order valence-corrected chi connectivity index (χ1v) is 19.0. The minimum absolute atomic E-state index is 0.0521. The normalized spacial score (nSPS) is 12.3. The molecule has 0 unspecified atom stereocenters. The van der Waals surface area contributed by atoms with Gasteiger partial charge in [-0.25, -0.2) is 0 Å². The molecule has 0 aliphatic carbocycles. The highest BCUT2D eigenvalue weighted by Gasteiger charge is 2.41. The molecule has 0 saturated carbocycles. The molecule has 2 aliphatic rings. The van der Waals surface area contributed by atoms with Crippen molar-refractivity contribution in [2.45, 2.75) is 0 Å². The molecule has 0 saturated heterocycles. The molecule has 4 nitrogen and oxygen atoms in total. The molecule has 0 radical (unpaired) electrons. The molecule has 5 heteroatoms. The van der Waals surface area contributed by atoms with E-state index < -0.39 is 0 Å². The van der Waals surface area contributed by atoms with E-state index in [1.807, 2.05) is 0 Å². The lowest BCUT2D eigenvalue weighted by Gasteiger charge is -2.35. The average Bonchev–Trinajstić information content (AvgIpc) is 3.91. The van der Waals surface area contributed by atoms with E-state index in [2.05, 4.69) is 219 Å². The number of rotatable bonds is 6. The van der Waals surface area contributed by atoms with Crippen molar-refractivity contribution in [3.8, 4) is 11.4 Å². The molecular formula is C50H33BN4. The van der Waals surface area contributed by atoms with Crippen molar-refractivity contribution in [2.75, 3.05) is 9.80 Å². The number of hydrogen-bond donors (Lipinski definition) is 0. The molecule has 2 aromatic heterocycles. The van der Waals surface area contributed by atoms with Gasteiger partial charge in [0.05, 0.1) is 28.1 Å². The van der Waals surface area contributed by atoms with Crippen LogP contribution < -0.4 is 26.2 Å². The Bertz CT molecular complexity index is 3020. The van der Waals surface area contributed by atoms with Crippen LogP contribution in [0.15, 0.2) is 200 Å². The van der Waals surface area contributed by atoms with Gasteiger partial charge < -0.3 is 18.9 Å². The number of para-hydroxylation sites is 4. The van der Waals surface area contributed by atoms with E-state index in [-0.39, 0.29) is 6.71 Å². The largest absolute Gasteiger partial charge is 0.317 e. The maximum atomic E-state index is 2.48. The van der Waals surface area contributed by atoms with E-state index >= 15 is 0 Å². The van der Waals surface area contributed by atoms with Crippen molar-refractivity contribution in [3.05, 3.63) is 200 Å². The standard InChI is InChI=1S/C50H33BN4/c1-5-16-35(17-6-1)54(36-18-7-2-8-19-36)44-27-25-42-48-40(44)29-31-52(48)46-33-34-15-13-14-24-39(34)50-47(46)51(42)43-26-28-45(41-30-32-53(50)49(41)43)55(37-20-9-3-10-21-37)38-22-11-4-12-23-38/h1-33H. The Morgan fingerprint density at radius 1 is 0.382 bits per heavy atom. The molecule has 0 fully saturated rings. The van der Waals surface area contributed by atoms with E-state index in [1.165, 1.54) is 71.7 Å². The van der Waals surface area contributed by atoms with Crippen molar-refractivity contribution in [3.63, 3.8) is 0 Å². The minimum Gasteiger partial charge on any atom is -0.317 e. The van der Waals surface area contributed by atoms with Gasteiger partial charge in [0.2, 0.25) is 0 Å². The predicted molar refractivity (Wildman–Crippen MR) is 232 cm³/mol. The van der Waals surface area contributed by atoms with Crippen molar-refractivity contribution in [2.24, 2.45) is 0 Å². The molecule has 2 aliphatic heterocycles. The summed E-state index contributed by atoms with van der Waals surface area (Å²) in [6.07, 6.45) is 4.58. The summed E-state index contributed by atoms with van der Waals surface area (Å²) >= 11 is 0. The first-order chi connectivity index (χ1) is 27.3. The van der Waals surface area contributed by atoms with Crippen LogP contribution >= 0.6 is 0 Å². The van der Waals surface area contributed by atoms with Gasteiger partial charge in [-0.05, 0) is 101 Å². The van der Waals surface area contributed by atoms with Crippen LogP contribution in [0, 0.1) is 0 Å². The summed E-state index contributed by atoms with van der Waals surface area (Å²) in [5.74, 6) is 0. The third-order valence-corrected chi connectivity index (χ3v) is 11.7. The third-order valence-electron chi connectivity index (χ3n) is 11.7. The first kappa shape index (κ1) is 30.2. The second-order valence-corrected chi connectivity index (χ2v) is 14.6. The molecular weight excluding hydrogens is 667 g/mol. The molecule has 10 aromatic rings. The zero-order chi connectivity index (χ0) is 36.0. The van der Waals surface area contributed by atoms with Crippen molar-refractivity contribution in [1.29, 1.82) is 0 Å². The Morgan fingerprint density at radius 2 is 0.818 bits per heavy atom. The lowest BCUT2D eigenvalue weighted by atomic mass is 9.34. The molecule has 0 bridgehead atoms. The summed E-state index contributed by atoms with van der Waals surface area (Å²) in [5, 5.41) is 4.98. The van der Waals surface area contributed by atoms with E-state index in [0.29, 0.717) is 0 Å². The number of aromatic nitrogens is 2. The second-order valence-electron chi connectivity index (χ2n) is 14.6. The van der Waals surface area contributed by atoms with Gasteiger partial charge in [0.1, 0.15) is 0 Å². The smallest absolute Gasteiger partial charge is 0.252 e. The Hall–Kier alpha value is -7.24. The minimum atomic E-state index is 0.0521. The zero-order valence-corrected chi connectivity index (χ0v) is 29.9. The molecule has 12 rings (SSSR count). The molecule has 55 heavy (non-hydrogen) atoms. The van der Waals surface area contributed by atoms with Crippen LogP contribution in [0.2, 0.25) is 0 Å². The molecule has 0 spiro atoms. The molecule has 0 amide bonds. The monoisotopic (exact) mass is 700 g/mol. The van der Waals surface area contributed by atoms with E-state index in [4.69, 9.17) is 0 Å². The molecule has 0 atom stereocenters. The lowest BCUT2D eigenvalue weighted by molar-refractivity contribution is 1.11. The molecule has 0 N–H and O–H groups in total. The summed E-state index contributed by atoms with van der Waals surface area (Å²) in [4.78, 5) is 4.79. The van der Waals surface area contributed by atoms with Crippen LogP contribution in [-0.2, 0) is 0 Å². The van der Waals surface area contributed by atoms with E-state index in [1.54, 1.807) is 0 Å². The Kier molecular flexibility index (Phi) is 6.40. The van der Waals surface area contributed by atoms with E-state index in [0.717, 1.165) is 22.7 Å². The zero-order valence-electron chi connectivity index (χ0n) is 29.9. The summed E-state index contributed by atoms with van der Waals surface area (Å²) in [6.45, 7) is 0.0521. The summed E-state index contributed by atoms with van der Waals surface area (Å²) in [7, 11) is 0. The predicted octanol–water partition coefficient (Wildman–Crippen LogP) is 10.8. The van der Waals surface area contributed by atoms with Crippen LogP contribution in [0.25, 0.3) is 44.0 Å². The highest BCUT2D eigenvalue weighted by atomic mass is 15.2. The van der Waals surface area contributed by atoms with Crippen LogP contribution in [0.4, 0.5) is 34.1 Å². The first-order valence-electron chi connectivity index (χ1n) is 19.0. The average molecular weight is 701 g/mol. The fourth-order valence-corrected chi connectivity index (χ4v) is 9.50. The van der Waals surface area contributed by atoms with Gasteiger partial charge in [-0.15, -0.1) is 0 Å². The highest BCUT2D eigenvalue weighted by molar-refractivity contribution is 7.00. The van der Waals surface area contributed by atoms with Gasteiger partial charge >= 0.3 is 0 Å². The summed E-state index contributed by atoms with van der Waals surface area (Å²) < 4.78 is 4.93. The SMILES string of the molecule is c1ccc(N(c2ccccc2)c2ccc3c4c2ccn4-c2cc4ccccc4c4c2B3c2ccc(N(c3ccccc3)c3ccccc3)c3ccn-4c23)cc1. The van der Waals surface area contributed by atoms with Gasteiger partial charge in [-0.1, -0.05) is 109 Å². The maximum Gasteiger partial charge on any atom is 0.252 e. The second kappa shape index (κ2) is 11.6. The fourth-order valence-electron chi connectivity index (χ4n) is 9.50. The van der Waals surface area contributed by atoms with Crippen LogP contribution in [0.3, 0.4) is 0 Å². The summed E-state index contributed by atoms with van der Waals surface area (Å²) in [5.41, 5.74) is 15.9. The van der Waals surface area contributed by atoms with Crippen molar-refractivity contribution < 1.29 is 0 Å². The van der Waals surface area contributed by atoms with Gasteiger partial charge in [0, 0.05) is 57.0 Å². The third kappa shape index (κ3) is 4.29. The van der Waals surface area contributed by atoms with Gasteiger partial charge in [-0.2, -0.15) is 0 Å². The van der Waals surface area contributed by atoms with Crippen molar-refractivity contribution >= 4 is 89.8 Å². The van der Waals surface area contributed by atoms with Gasteiger partial charge in [0.25, 0.3) is 6.71 Å². The number of nitrogens with zero attached hydrogens (tertiary/aromatic N) is 4. The van der Waals surface area contributed by atoms with Crippen LogP contribution in [-0.4, -0.2) is 15.8 Å². The topological polar surface area (TPSA) is 16.3 Å². The molecule has 256 valence electrons. The maximum absolute atomic E-state index is 2.48. The van der Waals surface area contributed by atoms with E-state index in [9.17, 15) is 0 Å². The highest BCUT2D eigenvalue weighted by Crippen LogP contribution is 2.44. The van der Waals surface area contributed by atoms with Gasteiger partial charge in [0.15, 0.2) is 0 Å². The lowest BCUT2D eigenvalue weighted by Crippen LogP contribution is -2.59. The van der Waals surface area contributed by atoms with Crippen LogP contribution in [0.5, 0.6) is 0 Å². The van der Waals surface area contributed by atoms with Gasteiger partial charge in [-0.3, -0.25) is 0 Å². The number of fused-ring (bicyclic) bond motifs is 6. The van der Waals surface area contributed by atoms with Crippen LogP contribution in [0.1, 0.15) is 0 Å². The van der Waals surface area contributed by atoms with Crippen molar-refractivity contribution in [1.82, 2.24) is 9.13 Å². The number of anilines is 6. The Morgan fingerprint density at radius 3 is 1.33 bits per heavy atom. The number of benzene rings is 8. The Balaban J connectivity index is 1.15. The molecule has 4 heterocycles.